The average Bonchev–Trinajstić information content (AvgIpc) is 2.85. The fourth-order valence-corrected chi connectivity index (χ4v) is 2.46. The summed E-state index contributed by atoms with van der Waals surface area (Å²) in [4.78, 5) is 0. The summed E-state index contributed by atoms with van der Waals surface area (Å²) in [5.41, 5.74) is 6.89. The molecule has 2 nitrogen and oxygen atoms in total. The van der Waals surface area contributed by atoms with E-state index >= 15 is 0 Å². The van der Waals surface area contributed by atoms with Crippen LogP contribution in [0.25, 0.3) is 0 Å². The van der Waals surface area contributed by atoms with Crippen LogP contribution in [0.1, 0.15) is 25.3 Å². The monoisotopic (exact) mass is 248 g/mol. The summed E-state index contributed by atoms with van der Waals surface area (Å²) in [7, 11) is 0. The molecule has 0 spiro atoms. The van der Waals surface area contributed by atoms with Crippen molar-refractivity contribution in [1.82, 2.24) is 5.32 Å². The number of nitrogens with two attached hydrogens (primary N) is 1. The first-order valence-corrected chi connectivity index (χ1v) is 6.48. The zero-order valence-corrected chi connectivity index (χ0v) is 10.8. The molecule has 0 radical (unpaired) electrons. The van der Waals surface area contributed by atoms with E-state index in [1.54, 1.807) is 0 Å². The molecule has 1 aliphatic carbocycles. The Hall–Kier alpha value is -1.19. The fourth-order valence-electron chi connectivity index (χ4n) is 2.46. The average molecular weight is 248 g/mol. The molecule has 0 saturated carbocycles. The van der Waals surface area contributed by atoms with Crippen LogP contribution < -0.4 is 11.1 Å². The Morgan fingerprint density at radius 1 is 1.28 bits per heavy atom. The van der Waals surface area contributed by atoms with E-state index in [2.05, 4.69) is 24.4 Å². The minimum Gasteiger partial charge on any atom is -0.329 e. The van der Waals surface area contributed by atoms with Gasteiger partial charge in [-0.1, -0.05) is 24.3 Å². The maximum Gasteiger partial charge on any atom is 0.123 e. The van der Waals surface area contributed by atoms with E-state index in [1.807, 2.05) is 12.1 Å². The Morgan fingerprint density at radius 2 is 1.89 bits per heavy atom. The van der Waals surface area contributed by atoms with Crippen molar-refractivity contribution in [1.29, 1.82) is 0 Å². The Kier molecular flexibility index (Phi) is 4.15. The highest BCUT2D eigenvalue weighted by molar-refractivity contribution is 5.19. The normalized spacial score (nSPS) is 19.1. The van der Waals surface area contributed by atoms with Crippen molar-refractivity contribution >= 4 is 0 Å². The third-order valence-electron chi connectivity index (χ3n) is 3.52. The molecule has 0 aromatic heterocycles. The summed E-state index contributed by atoms with van der Waals surface area (Å²) >= 11 is 0. The first-order valence-electron chi connectivity index (χ1n) is 6.48. The van der Waals surface area contributed by atoms with Gasteiger partial charge in [0.1, 0.15) is 5.82 Å². The topological polar surface area (TPSA) is 38.0 Å². The van der Waals surface area contributed by atoms with Crippen molar-refractivity contribution in [2.75, 3.05) is 6.54 Å². The lowest BCUT2D eigenvalue weighted by atomic mass is 9.91. The molecule has 1 aromatic carbocycles. The highest BCUT2D eigenvalue weighted by Crippen LogP contribution is 2.18. The lowest BCUT2D eigenvalue weighted by Gasteiger charge is -2.33. The van der Waals surface area contributed by atoms with Crippen LogP contribution in [-0.4, -0.2) is 18.1 Å². The highest BCUT2D eigenvalue weighted by Gasteiger charge is 2.26. The number of benzene rings is 1. The van der Waals surface area contributed by atoms with E-state index in [9.17, 15) is 4.39 Å². The van der Waals surface area contributed by atoms with Gasteiger partial charge in [0.25, 0.3) is 0 Å². The summed E-state index contributed by atoms with van der Waals surface area (Å²) in [5, 5.41) is 3.62. The molecule has 1 atom stereocenters. The van der Waals surface area contributed by atoms with Gasteiger partial charge in [0.2, 0.25) is 0 Å². The van der Waals surface area contributed by atoms with E-state index in [1.165, 1.54) is 12.1 Å². The minimum atomic E-state index is -0.193. The lowest BCUT2D eigenvalue weighted by Crippen LogP contribution is -2.54. The van der Waals surface area contributed by atoms with Gasteiger partial charge in [-0.05, 0) is 43.9 Å². The van der Waals surface area contributed by atoms with E-state index in [4.69, 9.17) is 5.73 Å². The Morgan fingerprint density at radius 3 is 2.44 bits per heavy atom. The van der Waals surface area contributed by atoms with Crippen LogP contribution in [0.3, 0.4) is 0 Å². The van der Waals surface area contributed by atoms with Crippen LogP contribution in [0.4, 0.5) is 4.39 Å². The minimum absolute atomic E-state index is 0.130. The summed E-state index contributed by atoms with van der Waals surface area (Å²) in [6.45, 7) is 2.70. The first-order chi connectivity index (χ1) is 8.61. The van der Waals surface area contributed by atoms with Crippen molar-refractivity contribution in [3.63, 3.8) is 0 Å². The quantitative estimate of drug-likeness (QED) is 0.785. The second-order valence-electron chi connectivity index (χ2n) is 5.35. The first kappa shape index (κ1) is 13.2. The smallest absolute Gasteiger partial charge is 0.123 e. The second kappa shape index (κ2) is 5.63. The van der Waals surface area contributed by atoms with Crippen LogP contribution in [0.15, 0.2) is 36.4 Å². The number of hydrogen-bond donors (Lipinski definition) is 2. The Balaban J connectivity index is 2.00. The molecule has 0 heterocycles. The van der Waals surface area contributed by atoms with Gasteiger partial charge in [-0.2, -0.15) is 0 Å². The summed E-state index contributed by atoms with van der Waals surface area (Å²) in [5.74, 6) is -0.193. The van der Waals surface area contributed by atoms with Crippen LogP contribution in [0.5, 0.6) is 0 Å². The second-order valence-corrected chi connectivity index (χ2v) is 5.35. The maximum atomic E-state index is 12.9. The molecule has 0 aliphatic heterocycles. The largest absolute Gasteiger partial charge is 0.329 e. The van der Waals surface area contributed by atoms with Gasteiger partial charge in [0.05, 0.1) is 0 Å². The Labute approximate surface area is 108 Å². The number of rotatable bonds is 5. The molecular weight excluding hydrogens is 227 g/mol. The zero-order valence-electron chi connectivity index (χ0n) is 10.8. The van der Waals surface area contributed by atoms with Crippen molar-refractivity contribution in [2.24, 2.45) is 5.73 Å². The summed E-state index contributed by atoms with van der Waals surface area (Å²) in [6, 6.07) is 7.15. The van der Waals surface area contributed by atoms with E-state index < -0.39 is 0 Å². The molecule has 0 amide bonds. The third kappa shape index (κ3) is 3.40. The standard InChI is InChI=1S/C15H21FN2/c1-15(11-17,18-14-4-2-3-5-14)10-12-6-8-13(16)9-7-12/h2-3,6-9,14,18H,4-5,10-11,17H2,1H3. The molecule has 18 heavy (non-hydrogen) atoms. The van der Waals surface area contributed by atoms with Gasteiger partial charge >= 0.3 is 0 Å². The van der Waals surface area contributed by atoms with Crippen LogP contribution in [0.2, 0.25) is 0 Å². The predicted molar refractivity (Wildman–Crippen MR) is 72.9 cm³/mol. The molecule has 1 aliphatic rings. The van der Waals surface area contributed by atoms with Gasteiger partial charge in [-0.3, -0.25) is 0 Å². The zero-order chi connectivity index (χ0) is 13.0. The van der Waals surface area contributed by atoms with Crippen molar-refractivity contribution in [3.05, 3.63) is 47.8 Å². The molecular formula is C15H21FN2. The van der Waals surface area contributed by atoms with Crippen molar-refractivity contribution in [3.8, 4) is 0 Å². The van der Waals surface area contributed by atoms with Gasteiger partial charge in [0, 0.05) is 18.1 Å². The van der Waals surface area contributed by atoms with Crippen molar-refractivity contribution < 1.29 is 4.39 Å². The fraction of sp³-hybridized carbons (Fsp3) is 0.467. The molecule has 2 rings (SSSR count). The molecule has 3 N–H and O–H groups in total. The maximum absolute atomic E-state index is 12.9. The van der Waals surface area contributed by atoms with Crippen LogP contribution in [0, 0.1) is 5.82 Å². The Bertz CT molecular complexity index is 405. The van der Waals surface area contributed by atoms with Crippen LogP contribution >= 0.6 is 0 Å². The van der Waals surface area contributed by atoms with Crippen LogP contribution in [-0.2, 0) is 6.42 Å². The molecule has 1 unspecified atom stereocenters. The van der Waals surface area contributed by atoms with Gasteiger partial charge < -0.3 is 11.1 Å². The summed E-state index contributed by atoms with van der Waals surface area (Å²) in [6.07, 6.45) is 7.36. The SMILES string of the molecule is CC(CN)(Cc1ccc(F)cc1)NC1CC=CC1. The summed E-state index contributed by atoms with van der Waals surface area (Å²) < 4.78 is 12.9. The predicted octanol–water partition coefficient (Wildman–Crippen LogP) is 2.39. The lowest BCUT2D eigenvalue weighted by molar-refractivity contribution is 0.317. The molecule has 98 valence electrons. The highest BCUT2D eigenvalue weighted by atomic mass is 19.1. The van der Waals surface area contributed by atoms with Gasteiger partial charge in [-0.15, -0.1) is 0 Å². The van der Waals surface area contributed by atoms with Gasteiger partial charge in [0.15, 0.2) is 0 Å². The van der Waals surface area contributed by atoms with Crippen molar-refractivity contribution in [2.45, 2.75) is 37.8 Å². The molecule has 3 heteroatoms. The molecule has 0 fully saturated rings. The molecule has 1 aromatic rings. The van der Waals surface area contributed by atoms with E-state index in [-0.39, 0.29) is 11.4 Å². The van der Waals surface area contributed by atoms with Gasteiger partial charge in [-0.25, -0.2) is 4.39 Å². The third-order valence-corrected chi connectivity index (χ3v) is 3.52. The van der Waals surface area contributed by atoms with E-state index in [0.29, 0.717) is 12.6 Å². The number of nitrogens with one attached hydrogen (secondary N) is 1. The molecule has 0 saturated heterocycles. The number of halogens is 1. The molecule has 0 bridgehead atoms. The van der Waals surface area contributed by atoms with E-state index in [0.717, 1.165) is 24.8 Å². The number of hydrogen-bond acceptors (Lipinski definition) is 2.